The minimum absolute atomic E-state index is 0.135. The van der Waals surface area contributed by atoms with Crippen molar-refractivity contribution in [2.75, 3.05) is 19.8 Å². The topological polar surface area (TPSA) is 72.9 Å². The van der Waals surface area contributed by atoms with Crippen LogP contribution in [-0.4, -0.2) is 52.1 Å². The lowest BCUT2D eigenvalue weighted by atomic mass is 10.1. The van der Waals surface area contributed by atoms with Crippen molar-refractivity contribution in [2.45, 2.75) is 25.5 Å². The van der Waals surface area contributed by atoms with E-state index in [1.165, 1.54) is 23.6 Å². The van der Waals surface area contributed by atoms with Gasteiger partial charge in [0.1, 0.15) is 6.61 Å². The third kappa shape index (κ3) is 5.02. The molecule has 0 fully saturated rings. The van der Waals surface area contributed by atoms with E-state index in [4.69, 9.17) is 21.7 Å². The summed E-state index contributed by atoms with van der Waals surface area (Å²) >= 11 is 6.38. The maximum Gasteiger partial charge on any atom is 0.302 e. The number of amides is 2. The fourth-order valence-electron chi connectivity index (χ4n) is 2.39. The summed E-state index contributed by atoms with van der Waals surface area (Å²) in [4.78, 5) is 37.0. The average Bonchev–Trinajstić information content (AvgIpc) is 2.82. The van der Waals surface area contributed by atoms with Gasteiger partial charge >= 0.3 is 5.97 Å². The highest BCUT2D eigenvalue weighted by Gasteiger charge is 2.35. The Kier molecular flexibility index (Phi) is 6.95. The lowest BCUT2D eigenvalue weighted by Crippen LogP contribution is -2.33. The number of nitrogens with zero attached hydrogens (tertiary/aromatic N) is 1. The number of carbonyl (C=O) groups excluding carboxylic acids is 3. The number of hydrogen-bond donors (Lipinski definition) is 0. The fraction of sp³-hybridized carbons (Fsp3) is 0.412. The zero-order valence-electron chi connectivity index (χ0n) is 14.0. The van der Waals surface area contributed by atoms with E-state index in [0.29, 0.717) is 28.5 Å². The molecular weight excluding hydrogens is 362 g/mol. The maximum atomic E-state index is 12.4. The van der Waals surface area contributed by atoms with Gasteiger partial charge in [-0.3, -0.25) is 19.3 Å². The first-order valence-electron chi connectivity index (χ1n) is 7.86. The van der Waals surface area contributed by atoms with Gasteiger partial charge in [0.15, 0.2) is 0 Å². The molecule has 1 aromatic rings. The normalized spacial score (nSPS) is 14.2. The molecule has 0 radical (unpaired) electrons. The molecule has 1 heterocycles. The molecule has 0 saturated carbocycles. The SMILES string of the molecule is CCOC(=S)SC(CCN1C(=O)c2ccccc2C1=O)COC(C)=O. The van der Waals surface area contributed by atoms with Crippen molar-refractivity contribution in [2.24, 2.45) is 0 Å². The zero-order valence-corrected chi connectivity index (χ0v) is 15.7. The first-order valence-corrected chi connectivity index (χ1v) is 9.14. The Morgan fingerprint density at radius 1 is 1.20 bits per heavy atom. The van der Waals surface area contributed by atoms with Crippen LogP contribution in [0.25, 0.3) is 0 Å². The Labute approximate surface area is 155 Å². The standard InChI is InChI=1S/C17H19NO5S2/c1-3-22-17(24)25-12(10-23-11(2)19)8-9-18-15(20)13-6-4-5-7-14(13)16(18)21/h4-7,12H,3,8-10H2,1-2H3. The Morgan fingerprint density at radius 3 is 2.32 bits per heavy atom. The Hall–Kier alpha value is -1.93. The number of hydrogen-bond acceptors (Lipinski definition) is 7. The van der Waals surface area contributed by atoms with Crippen molar-refractivity contribution >= 4 is 46.1 Å². The van der Waals surface area contributed by atoms with Gasteiger partial charge in [-0.1, -0.05) is 23.9 Å². The number of rotatable bonds is 7. The smallest absolute Gasteiger partial charge is 0.302 e. The lowest BCUT2D eigenvalue weighted by Gasteiger charge is -2.20. The van der Waals surface area contributed by atoms with E-state index in [0.717, 1.165) is 0 Å². The van der Waals surface area contributed by atoms with Crippen LogP contribution in [0, 0.1) is 0 Å². The third-order valence-electron chi connectivity index (χ3n) is 3.55. The summed E-state index contributed by atoms with van der Waals surface area (Å²) in [5.41, 5.74) is 0.836. The van der Waals surface area contributed by atoms with Crippen LogP contribution < -0.4 is 0 Å². The van der Waals surface area contributed by atoms with E-state index in [1.807, 2.05) is 6.92 Å². The number of thiocarbonyl (C=S) groups is 1. The highest BCUT2D eigenvalue weighted by Crippen LogP contribution is 2.25. The van der Waals surface area contributed by atoms with Crippen LogP contribution >= 0.6 is 24.0 Å². The Balaban J connectivity index is 1.99. The molecule has 25 heavy (non-hydrogen) atoms. The number of fused-ring (bicyclic) bond motifs is 1. The van der Waals surface area contributed by atoms with E-state index in [1.54, 1.807) is 24.3 Å². The summed E-state index contributed by atoms with van der Waals surface area (Å²) in [7, 11) is 0. The molecule has 8 heteroatoms. The number of ether oxygens (including phenoxy) is 2. The molecule has 0 spiro atoms. The van der Waals surface area contributed by atoms with Crippen molar-refractivity contribution in [3.63, 3.8) is 0 Å². The molecule has 1 atom stereocenters. The van der Waals surface area contributed by atoms with Gasteiger partial charge in [0.25, 0.3) is 11.8 Å². The van der Waals surface area contributed by atoms with E-state index in [-0.39, 0.29) is 30.2 Å². The van der Waals surface area contributed by atoms with Gasteiger partial charge in [0, 0.05) is 18.7 Å². The number of carbonyl (C=O) groups is 3. The summed E-state index contributed by atoms with van der Waals surface area (Å²) in [6.45, 7) is 3.96. The second kappa shape index (κ2) is 8.96. The minimum Gasteiger partial charge on any atom is -0.479 e. The van der Waals surface area contributed by atoms with E-state index >= 15 is 0 Å². The van der Waals surface area contributed by atoms with Crippen LogP contribution in [-0.2, 0) is 14.3 Å². The maximum absolute atomic E-state index is 12.4. The average molecular weight is 381 g/mol. The number of esters is 1. The molecule has 134 valence electrons. The highest BCUT2D eigenvalue weighted by atomic mass is 32.2. The largest absolute Gasteiger partial charge is 0.479 e. The van der Waals surface area contributed by atoms with Gasteiger partial charge in [0.05, 0.1) is 17.7 Å². The monoisotopic (exact) mass is 381 g/mol. The molecule has 2 amide bonds. The van der Waals surface area contributed by atoms with Crippen molar-refractivity contribution in [1.29, 1.82) is 0 Å². The first kappa shape index (κ1) is 19.4. The van der Waals surface area contributed by atoms with Gasteiger partial charge in [0.2, 0.25) is 4.38 Å². The van der Waals surface area contributed by atoms with Crippen LogP contribution in [0.3, 0.4) is 0 Å². The molecule has 0 N–H and O–H groups in total. The molecule has 1 unspecified atom stereocenters. The zero-order chi connectivity index (χ0) is 18.4. The molecule has 1 aliphatic heterocycles. The summed E-state index contributed by atoms with van der Waals surface area (Å²) in [6.07, 6.45) is 0.441. The van der Waals surface area contributed by atoms with Gasteiger partial charge in [-0.05, 0) is 37.7 Å². The lowest BCUT2D eigenvalue weighted by molar-refractivity contribution is -0.140. The van der Waals surface area contributed by atoms with Gasteiger partial charge in [-0.2, -0.15) is 0 Å². The summed E-state index contributed by atoms with van der Waals surface area (Å²) in [5.74, 6) is -0.998. The van der Waals surface area contributed by atoms with Crippen molar-refractivity contribution in [3.8, 4) is 0 Å². The second-order valence-corrected chi connectivity index (χ2v) is 7.22. The molecule has 0 aliphatic carbocycles. The first-order chi connectivity index (χ1) is 11.9. The van der Waals surface area contributed by atoms with Crippen LogP contribution in [0.4, 0.5) is 0 Å². The minimum atomic E-state index is -0.395. The van der Waals surface area contributed by atoms with Crippen LogP contribution in [0.2, 0.25) is 0 Å². The summed E-state index contributed by atoms with van der Waals surface area (Å²) in [6, 6.07) is 6.75. The molecule has 0 bridgehead atoms. The number of thioether (sulfide) groups is 1. The Morgan fingerprint density at radius 2 is 1.80 bits per heavy atom. The Bertz CT molecular complexity index is 656. The van der Waals surface area contributed by atoms with E-state index in [9.17, 15) is 14.4 Å². The molecule has 1 aromatic carbocycles. The van der Waals surface area contributed by atoms with Gasteiger partial charge in [-0.15, -0.1) is 0 Å². The van der Waals surface area contributed by atoms with E-state index in [2.05, 4.69) is 0 Å². The van der Waals surface area contributed by atoms with Crippen molar-refractivity contribution < 1.29 is 23.9 Å². The van der Waals surface area contributed by atoms with Crippen molar-refractivity contribution in [3.05, 3.63) is 35.4 Å². The molecule has 6 nitrogen and oxygen atoms in total. The fourth-order valence-corrected chi connectivity index (χ4v) is 3.73. The van der Waals surface area contributed by atoms with Crippen LogP contribution in [0.15, 0.2) is 24.3 Å². The van der Waals surface area contributed by atoms with Crippen LogP contribution in [0.1, 0.15) is 41.0 Å². The predicted molar refractivity (Wildman–Crippen MR) is 98.7 cm³/mol. The van der Waals surface area contributed by atoms with Crippen molar-refractivity contribution in [1.82, 2.24) is 4.90 Å². The van der Waals surface area contributed by atoms with Gasteiger partial charge < -0.3 is 9.47 Å². The summed E-state index contributed by atoms with van der Waals surface area (Å²) in [5, 5.41) is -0.202. The van der Waals surface area contributed by atoms with E-state index < -0.39 is 5.97 Å². The van der Waals surface area contributed by atoms with Crippen LogP contribution in [0.5, 0.6) is 0 Å². The molecule has 2 rings (SSSR count). The van der Waals surface area contributed by atoms with Gasteiger partial charge in [-0.25, -0.2) is 0 Å². The number of benzene rings is 1. The third-order valence-corrected chi connectivity index (χ3v) is 4.97. The molecule has 0 saturated heterocycles. The quantitative estimate of drug-likeness (QED) is 0.408. The molecule has 1 aliphatic rings. The molecule has 0 aromatic heterocycles. The number of imide groups is 1. The predicted octanol–water partition coefficient (Wildman–Crippen LogP) is 2.66. The molecular formula is C17H19NO5S2. The highest BCUT2D eigenvalue weighted by molar-refractivity contribution is 8.23. The summed E-state index contributed by atoms with van der Waals surface area (Å²) < 4.78 is 10.6. The second-order valence-electron chi connectivity index (χ2n) is 5.32.